The van der Waals surface area contributed by atoms with Crippen LogP contribution in [0.4, 0.5) is 10.1 Å². The summed E-state index contributed by atoms with van der Waals surface area (Å²) in [6.07, 6.45) is 4.49. The molecular weight excluding hydrogens is 535 g/mol. The molecule has 1 aromatic heterocycles. The molecule has 2 aromatic carbocycles. The SMILES string of the molecule is CC(C)(C)OC(=O)c1ccc(N2[C@@H]3CC[C@H]2CC(OC(=O)c2c(-c4ccccc4Cl)noc2C2CC2)C3)c(F)c1. The van der Waals surface area contributed by atoms with E-state index in [0.29, 0.717) is 46.1 Å². The monoisotopic (exact) mass is 566 g/mol. The van der Waals surface area contributed by atoms with Crippen molar-refractivity contribution in [2.24, 2.45) is 0 Å². The van der Waals surface area contributed by atoms with E-state index in [-0.39, 0.29) is 29.7 Å². The molecule has 2 bridgehead atoms. The van der Waals surface area contributed by atoms with Gasteiger partial charge in [0.2, 0.25) is 0 Å². The molecule has 210 valence electrons. The fourth-order valence-electron chi connectivity index (χ4n) is 5.97. The third-order valence-electron chi connectivity index (χ3n) is 7.82. The summed E-state index contributed by atoms with van der Waals surface area (Å²) in [5, 5.41) is 4.71. The number of aromatic nitrogens is 1. The maximum absolute atomic E-state index is 15.3. The minimum atomic E-state index is -0.662. The smallest absolute Gasteiger partial charge is 0.344 e. The van der Waals surface area contributed by atoms with Gasteiger partial charge in [0.1, 0.15) is 28.8 Å². The predicted molar refractivity (Wildman–Crippen MR) is 148 cm³/mol. The van der Waals surface area contributed by atoms with Crippen LogP contribution in [0.1, 0.15) is 91.7 Å². The van der Waals surface area contributed by atoms with Crippen molar-refractivity contribution in [2.75, 3.05) is 4.90 Å². The second-order valence-corrected chi connectivity index (χ2v) is 12.4. The largest absolute Gasteiger partial charge is 0.458 e. The van der Waals surface area contributed by atoms with E-state index in [9.17, 15) is 9.59 Å². The first-order valence-corrected chi connectivity index (χ1v) is 14.2. The highest BCUT2D eigenvalue weighted by Gasteiger charge is 2.44. The zero-order chi connectivity index (χ0) is 28.2. The lowest BCUT2D eigenvalue weighted by Gasteiger charge is -2.40. The molecule has 1 saturated carbocycles. The van der Waals surface area contributed by atoms with E-state index in [1.807, 2.05) is 18.2 Å². The molecule has 3 aromatic rings. The summed E-state index contributed by atoms with van der Waals surface area (Å²) in [6, 6.07) is 11.8. The number of carbonyl (C=O) groups excluding carboxylic acids is 2. The number of ether oxygens (including phenoxy) is 2. The Morgan fingerprint density at radius 1 is 1.02 bits per heavy atom. The van der Waals surface area contributed by atoms with Crippen LogP contribution in [-0.2, 0) is 9.47 Å². The Hall–Kier alpha value is -3.39. The van der Waals surface area contributed by atoms with Crippen LogP contribution in [-0.4, -0.2) is 40.9 Å². The van der Waals surface area contributed by atoms with Gasteiger partial charge in [-0.25, -0.2) is 14.0 Å². The summed E-state index contributed by atoms with van der Waals surface area (Å²) in [6.45, 7) is 5.33. The van der Waals surface area contributed by atoms with Gasteiger partial charge in [-0.1, -0.05) is 35.0 Å². The summed E-state index contributed by atoms with van der Waals surface area (Å²) in [7, 11) is 0. The number of anilines is 1. The number of carbonyl (C=O) groups is 2. The molecule has 3 atom stereocenters. The fourth-order valence-corrected chi connectivity index (χ4v) is 6.19. The summed E-state index contributed by atoms with van der Waals surface area (Å²) < 4.78 is 32.4. The van der Waals surface area contributed by atoms with Crippen molar-refractivity contribution in [3.05, 3.63) is 70.2 Å². The molecule has 1 unspecified atom stereocenters. The average molecular weight is 567 g/mol. The van der Waals surface area contributed by atoms with Gasteiger partial charge < -0.3 is 18.9 Å². The summed E-state index contributed by atoms with van der Waals surface area (Å²) in [5.41, 5.74) is 1.37. The Kier molecular flexibility index (Phi) is 6.85. The number of nitrogens with zero attached hydrogens (tertiary/aromatic N) is 2. The first-order valence-electron chi connectivity index (χ1n) is 13.9. The highest BCUT2D eigenvalue weighted by atomic mass is 35.5. The number of hydrogen-bond donors (Lipinski definition) is 0. The van der Waals surface area contributed by atoms with Crippen molar-refractivity contribution in [1.82, 2.24) is 5.16 Å². The van der Waals surface area contributed by atoms with Gasteiger partial charge in [0.15, 0.2) is 5.76 Å². The van der Waals surface area contributed by atoms with Crippen molar-refractivity contribution in [3.63, 3.8) is 0 Å². The normalized spacial score (nSPS) is 22.3. The maximum atomic E-state index is 15.3. The van der Waals surface area contributed by atoms with Crippen molar-refractivity contribution in [2.45, 2.75) is 89.0 Å². The van der Waals surface area contributed by atoms with Crippen molar-refractivity contribution in [1.29, 1.82) is 0 Å². The van der Waals surface area contributed by atoms with Gasteiger partial charge in [-0.15, -0.1) is 0 Å². The molecule has 3 heterocycles. The Balaban J connectivity index is 1.19. The first-order chi connectivity index (χ1) is 19.1. The van der Waals surface area contributed by atoms with Gasteiger partial charge in [0.05, 0.1) is 16.3 Å². The highest BCUT2D eigenvalue weighted by molar-refractivity contribution is 6.33. The van der Waals surface area contributed by atoms with Crippen molar-refractivity contribution in [3.8, 4) is 11.3 Å². The van der Waals surface area contributed by atoms with Crippen LogP contribution in [0.3, 0.4) is 0 Å². The molecule has 0 amide bonds. The molecule has 7 nitrogen and oxygen atoms in total. The molecule has 0 N–H and O–H groups in total. The van der Waals surface area contributed by atoms with Crippen LogP contribution >= 0.6 is 11.6 Å². The highest BCUT2D eigenvalue weighted by Crippen LogP contribution is 2.46. The standard InChI is InChI=1S/C31H32ClFN2O5/c1-31(2,3)39-29(36)18-10-13-25(24(33)14-18)35-19-11-12-20(35)16-21(15-19)38-30(37)26-27(22-6-4-5-7-23(22)32)34-40-28(26)17-8-9-17/h4-7,10,13-14,17,19-21H,8-9,11-12,15-16H2,1-3H3/t19-,20+,21?. The lowest BCUT2D eigenvalue weighted by atomic mass is 9.98. The molecular formula is C31H32ClFN2O5. The lowest BCUT2D eigenvalue weighted by Crippen LogP contribution is -2.46. The van der Waals surface area contributed by atoms with Crippen LogP contribution in [0.15, 0.2) is 47.0 Å². The number of esters is 2. The lowest BCUT2D eigenvalue weighted by molar-refractivity contribution is 0.00683. The van der Waals surface area contributed by atoms with Crippen LogP contribution in [0.2, 0.25) is 5.02 Å². The summed E-state index contributed by atoms with van der Waals surface area (Å²) >= 11 is 6.42. The second kappa shape index (κ2) is 10.2. The first kappa shape index (κ1) is 26.8. The van der Waals surface area contributed by atoms with Gasteiger partial charge in [-0.3, -0.25) is 0 Å². The van der Waals surface area contributed by atoms with E-state index in [1.54, 1.807) is 39.0 Å². The predicted octanol–water partition coefficient (Wildman–Crippen LogP) is 7.32. The number of halogens is 2. The molecule has 1 aliphatic carbocycles. The Morgan fingerprint density at radius 3 is 2.35 bits per heavy atom. The zero-order valence-corrected chi connectivity index (χ0v) is 23.5. The molecule has 40 heavy (non-hydrogen) atoms. The van der Waals surface area contributed by atoms with E-state index in [1.165, 1.54) is 6.07 Å². The maximum Gasteiger partial charge on any atom is 0.344 e. The number of piperidine rings is 1. The van der Waals surface area contributed by atoms with E-state index in [0.717, 1.165) is 25.7 Å². The topological polar surface area (TPSA) is 81.9 Å². The van der Waals surface area contributed by atoms with Crippen LogP contribution in [0.25, 0.3) is 11.3 Å². The van der Waals surface area contributed by atoms with Crippen LogP contribution < -0.4 is 4.90 Å². The number of fused-ring (bicyclic) bond motifs is 2. The third-order valence-corrected chi connectivity index (χ3v) is 8.15. The molecule has 3 fully saturated rings. The molecule has 3 aliphatic rings. The van der Waals surface area contributed by atoms with Crippen LogP contribution in [0.5, 0.6) is 0 Å². The second-order valence-electron chi connectivity index (χ2n) is 12.0. The quantitative estimate of drug-likeness (QED) is 0.289. The Labute approximate surface area is 237 Å². The van der Waals surface area contributed by atoms with E-state index in [4.69, 9.17) is 25.6 Å². The summed E-state index contributed by atoms with van der Waals surface area (Å²) in [5.74, 6) is -0.743. The van der Waals surface area contributed by atoms with E-state index >= 15 is 4.39 Å². The van der Waals surface area contributed by atoms with Gasteiger partial charge in [0, 0.05) is 36.4 Å². The van der Waals surface area contributed by atoms with Gasteiger partial charge in [-0.2, -0.15) is 0 Å². The fraction of sp³-hybridized carbons (Fsp3) is 0.452. The Morgan fingerprint density at radius 2 is 1.73 bits per heavy atom. The van der Waals surface area contributed by atoms with Gasteiger partial charge >= 0.3 is 11.9 Å². The van der Waals surface area contributed by atoms with Gasteiger partial charge in [0.25, 0.3) is 0 Å². The molecule has 0 radical (unpaired) electrons. The third kappa shape index (κ3) is 5.21. The minimum absolute atomic E-state index is 0.0202. The van der Waals surface area contributed by atoms with Crippen LogP contribution in [0, 0.1) is 5.82 Å². The minimum Gasteiger partial charge on any atom is -0.458 e. The number of benzene rings is 2. The molecule has 0 spiro atoms. The molecule has 6 rings (SSSR count). The molecule has 9 heteroatoms. The number of rotatable bonds is 6. The number of hydrogen-bond acceptors (Lipinski definition) is 7. The van der Waals surface area contributed by atoms with Gasteiger partial charge in [-0.05, 0) is 70.7 Å². The molecule has 2 aliphatic heterocycles. The average Bonchev–Trinajstić information content (AvgIpc) is 3.58. The Bertz CT molecular complexity index is 1450. The van der Waals surface area contributed by atoms with Crippen molar-refractivity contribution >= 4 is 29.2 Å². The molecule has 2 saturated heterocycles. The summed E-state index contributed by atoms with van der Waals surface area (Å²) in [4.78, 5) is 28.1. The van der Waals surface area contributed by atoms with E-state index in [2.05, 4.69) is 10.1 Å². The zero-order valence-electron chi connectivity index (χ0n) is 22.8. The van der Waals surface area contributed by atoms with Crippen molar-refractivity contribution < 1.29 is 28.0 Å². The van der Waals surface area contributed by atoms with E-state index < -0.39 is 23.4 Å².